The monoisotopic (exact) mass is 312 g/mol. The van der Waals surface area contributed by atoms with Crippen molar-refractivity contribution in [1.29, 1.82) is 0 Å². The molecule has 0 saturated carbocycles. The Balaban J connectivity index is 2.34. The van der Waals surface area contributed by atoms with Crippen LogP contribution in [0.2, 0.25) is 5.02 Å². The van der Waals surface area contributed by atoms with E-state index in [1.807, 2.05) is 0 Å². The first-order chi connectivity index (χ1) is 10.0. The molecule has 0 spiro atoms. The fraction of sp³-hybridized carbons (Fsp3) is 0.462. The molecule has 1 aromatic carbocycles. The number of hydrogen-bond donors (Lipinski definition) is 2. The van der Waals surface area contributed by atoms with Crippen molar-refractivity contribution in [1.82, 2.24) is 4.90 Å². The van der Waals surface area contributed by atoms with Crippen molar-refractivity contribution in [3.05, 3.63) is 32.8 Å². The third kappa shape index (κ3) is 3.43. The second-order valence-electron chi connectivity index (χ2n) is 4.96. The average molecular weight is 313 g/mol. The number of hydrazine groups is 1. The second kappa shape index (κ2) is 6.73. The summed E-state index contributed by atoms with van der Waals surface area (Å²) in [7, 11) is 0. The summed E-state index contributed by atoms with van der Waals surface area (Å²) < 4.78 is 0. The summed E-state index contributed by atoms with van der Waals surface area (Å²) in [5.41, 5.74) is 2.12. The first-order valence-corrected chi connectivity index (χ1v) is 7.16. The maximum Gasteiger partial charge on any atom is 0.295 e. The van der Waals surface area contributed by atoms with Crippen LogP contribution in [0.25, 0.3) is 0 Å². The van der Waals surface area contributed by atoms with Crippen LogP contribution >= 0.6 is 11.6 Å². The Bertz CT molecular complexity index is 557. The lowest BCUT2D eigenvalue weighted by molar-refractivity contribution is -0.384. The number of nitro groups is 1. The zero-order valence-corrected chi connectivity index (χ0v) is 12.2. The number of nitrogens with zero attached hydrogens (tertiary/aromatic N) is 2. The summed E-state index contributed by atoms with van der Waals surface area (Å²) in [5.74, 6) is 5.01. The summed E-state index contributed by atoms with van der Waals surface area (Å²) in [6.07, 6.45) is 4.09. The molecule has 1 fully saturated rings. The van der Waals surface area contributed by atoms with Crippen molar-refractivity contribution < 1.29 is 9.72 Å². The van der Waals surface area contributed by atoms with Gasteiger partial charge in [0.1, 0.15) is 5.69 Å². The molecular weight excluding hydrogens is 296 g/mol. The average Bonchev–Trinajstić information content (AvgIpc) is 2.74. The van der Waals surface area contributed by atoms with Gasteiger partial charge in [0.25, 0.3) is 11.6 Å². The van der Waals surface area contributed by atoms with E-state index in [-0.39, 0.29) is 27.9 Å². The molecule has 1 amide bonds. The number of nitrogens with two attached hydrogens (primary N) is 1. The SMILES string of the molecule is NNc1c(Cl)cc(C(=O)N2CCCCCC2)cc1[N+](=O)[O-]. The van der Waals surface area contributed by atoms with Gasteiger partial charge in [-0.2, -0.15) is 0 Å². The highest BCUT2D eigenvalue weighted by Gasteiger charge is 2.24. The molecule has 3 N–H and O–H groups in total. The molecule has 0 radical (unpaired) electrons. The predicted octanol–water partition coefficient (Wildman–Crippen LogP) is 2.55. The van der Waals surface area contributed by atoms with E-state index in [0.717, 1.165) is 25.7 Å². The predicted molar refractivity (Wildman–Crippen MR) is 80.3 cm³/mol. The van der Waals surface area contributed by atoms with Gasteiger partial charge in [0.05, 0.1) is 9.95 Å². The standard InChI is InChI=1S/C13H17ClN4O3/c14-10-7-9(8-11(18(20)21)12(10)16-15)13(19)17-5-3-1-2-4-6-17/h7-8,16H,1-6,15H2. The molecule has 1 heterocycles. The number of likely N-dealkylation sites (tertiary alicyclic amines) is 1. The number of hydrogen-bond acceptors (Lipinski definition) is 5. The summed E-state index contributed by atoms with van der Waals surface area (Å²) >= 11 is 5.98. The number of carbonyl (C=O) groups is 1. The molecule has 114 valence electrons. The largest absolute Gasteiger partial charge is 0.339 e. The van der Waals surface area contributed by atoms with E-state index in [0.29, 0.717) is 13.1 Å². The second-order valence-corrected chi connectivity index (χ2v) is 5.37. The van der Waals surface area contributed by atoms with Crippen LogP contribution in [0.4, 0.5) is 11.4 Å². The quantitative estimate of drug-likeness (QED) is 0.507. The van der Waals surface area contributed by atoms with Gasteiger partial charge in [-0.3, -0.25) is 20.8 Å². The summed E-state index contributed by atoms with van der Waals surface area (Å²) in [5, 5.41) is 11.1. The number of halogens is 1. The van der Waals surface area contributed by atoms with E-state index >= 15 is 0 Å². The Kier molecular flexibility index (Phi) is 4.98. The fourth-order valence-corrected chi connectivity index (χ4v) is 2.73. The van der Waals surface area contributed by atoms with Crippen LogP contribution in [-0.2, 0) is 0 Å². The van der Waals surface area contributed by atoms with Crippen molar-refractivity contribution in [2.24, 2.45) is 5.84 Å². The van der Waals surface area contributed by atoms with Gasteiger partial charge < -0.3 is 10.3 Å². The molecule has 1 aliphatic rings. The zero-order chi connectivity index (χ0) is 15.4. The van der Waals surface area contributed by atoms with Crippen LogP contribution in [0.5, 0.6) is 0 Å². The Hall–Kier alpha value is -1.86. The van der Waals surface area contributed by atoms with Gasteiger partial charge in [-0.15, -0.1) is 0 Å². The highest BCUT2D eigenvalue weighted by atomic mass is 35.5. The number of rotatable bonds is 3. The molecule has 1 aromatic rings. The number of anilines is 1. The van der Waals surface area contributed by atoms with Gasteiger partial charge in [0.2, 0.25) is 0 Å². The molecule has 7 nitrogen and oxygen atoms in total. The van der Waals surface area contributed by atoms with Crippen LogP contribution in [0.3, 0.4) is 0 Å². The Morgan fingerprint density at radius 2 is 1.90 bits per heavy atom. The van der Waals surface area contributed by atoms with Gasteiger partial charge in [-0.1, -0.05) is 24.4 Å². The van der Waals surface area contributed by atoms with Crippen molar-refractivity contribution in [3.63, 3.8) is 0 Å². The first-order valence-electron chi connectivity index (χ1n) is 6.78. The van der Waals surface area contributed by atoms with Crippen LogP contribution in [-0.4, -0.2) is 28.8 Å². The molecule has 0 bridgehead atoms. The van der Waals surface area contributed by atoms with E-state index in [2.05, 4.69) is 5.43 Å². The molecule has 1 saturated heterocycles. The minimum Gasteiger partial charge on any atom is -0.339 e. The van der Waals surface area contributed by atoms with Crippen LogP contribution < -0.4 is 11.3 Å². The highest BCUT2D eigenvalue weighted by Crippen LogP contribution is 2.33. The lowest BCUT2D eigenvalue weighted by Crippen LogP contribution is -2.31. The number of nitro benzene ring substituents is 1. The molecular formula is C13H17ClN4O3. The van der Waals surface area contributed by atoms with Crippen molar-refractivity contribution >= 4 is 28.9 Å². The number of nitrogen functional groups attached to an aromatic ring is 1. The van der Waals surface area contributed by atoms with E-state index in [1.165, 1.54) is 12.1 Å². The Labute approximate surface area is 127 Å². The third-order valence-electron chi connectivity index (χ3n) is 3.55. The third-order valence-corrected chi connectivity index (χ3v) is 3.85. The normalized spacial score (nSPS) is 15.4. The molecule has 0 aliphatic carbocycles. The lowest BCUT2D eigenvalue weighted by Gasteiger charge is -2.20. The first kappa shape index (κ1) is 15.5. The van der Waals surface area contributed by atoms with Crippen molar-refractivity contribution in [3.8, 4) is 0 Å². The van der Waals surface area contributed by atoms with Gasteiger partial charge in [-0.25, -0.2) is 0 Å². The Morgan fingerprint density at radius 3 is 2.43 bits per heavy atom. The molecule has 21 heavy (non-hydrogen) atoms. The number of amides is 1. The minimum absolute atomic E-state index is 0.00841. The van der Waals surface area contributed by atoms with E-state index in [1.54, 1.807) is 4.90 Å². The molecule has 2 rings (SSSR count). The highest BCUT2D eigenvalue weighted by molar-refractivity contribution is 6.34. The van der Waals surface area contributed by atoms with E-state index in [4.69, 9.17) is 17.4 Å². The van der Waals surface area contributed by atoms with Gasteiger partial charge in [0, 0.05) is 24.7 Å². The van der Waals surface area contributed by atoms with E-state index in [9.17, 15) is 14.9 Å². The van der Waals surface area contributed by atoms with E-state index < -0.39 is 4.92 Å². The van der Waals surface area contributed by atoms with Gasteiger partial charge >= 0.3 is 0 Å². The lowest BCUT2D eigenvalue weighted by atomic mass is 10.1. The maximum absolute atomic E-state index is 12.5. The van der Waals surface area contributed by atoms with Gasteiger partial charge in [0.15, 0.2) is 0 Å². The number of benzene rings is 1. The summed E-state index contributed by atoms with van der Waals surface area (Å²) in [6.45, 7) is 1.34. The molecule has 0 aromatic heterocycles. The molecule has 8 heteroatoms. The van der Waals surface area contributed by atoms with Crippen molar-refractivity contribution in [2.45, 2.75) is 25.7 Å². The van der Waals surface area contributed by atoms with Crippen LogP contribution in [0.15, 0.2) is 12.1 Å². The van der Waals surface area contributed by atoms with Gasteiger partial charge in [-0.05, 0) is 18.9 Å². The summed E-state index contributed by atoms with van der Waals surface area (Å²) in [6, 6.07) is 2.63. The number of nitrogens with one attached hydrogen (secondary N) is 1. The molecule has 0 unspecified atom stereocenters. The Morgan fingerprint density at radius 1 is 1.29 bits per heavy atom. The fourth-order valence-electron chi connectivity index (χ4n) is 2.46. The minimum atomic E-state index is -0.611. The zero-order valence-electron chi connectivity index (χ0n) is 11.5. The van der Waals surface area contributed by atoms with Crippen LogP contribution in [0.1, 0.15) is 36.0 Å². The maximum atomic E-state index is 12.5. The van der Waals surface area contributed by atoms with Crippen molar-refractivity contribution in [2.75, 3.05) is 18.5 Å². The molecule has 1 aliphatic heterocycles. The number of carbonyl (C=O) groups excluding carboxylic acids is 1. The summed E-state index contributed by atoms with van der Waals surface area (Å²) in [4.78, 5) is 24.6. The molecule has 0 atom stereocenters. The van der Waals surface area contributed by atoms with Crippen LogP contribution in [0, 0.1) is 10.1 Å². The topological polar surface area (TPSA) is 102 Å². The smallest absolute Gasteiger partial charge is 0.295 e.